The summed E-state index contributed by atoms with van der Waals surface area (Å²) in [4.78, 5) is 4.16. The van der Waals surface area contributed by atoms with Gasteiger partial charge in [-0.3, -0.25) is 0 Å². The summed E-state index contributed by atoms with van der Waals surface area (Å²) in [6.07, 6.45) is 0. The van der Waals surface area contributed by atoms with Crippen molar-refractivity contribution in [1.82, 2.24) is 10.1 Å². The normalized spacial score (nSPS) is 11.6. The van der Waals surface area contributed by atoms with Crippen LogP contribution >= 0.6 is 27.5 Å². The SMILES string of the molecule is CC(C)(N)c1noc(COc2ccc(Br)cc2Cl)n1. The lowest BCUT2D eigenvalue weighted by atomic mass is 10.1. The van der Waals surface area contributed by atoms with Gasteiger partial charge in [0.1, 0.15) is 5.75 Å². The zero-order valence-corrected chi connectivity index (χ0v) is 12.8. The summed E-state index contributed by atoms with van der Waals surface area (Å²) < 4.78 is 11.5. The fourth-order valence-corrected chi connectivity index (χ4v) is 2.03. The molecule has 2 N–H and O–H groups in total. The van der Waals surface area contributed by atoms with Crippen LogP contribution in [-0.2, 0) is 12.1 Å². The Balaban J connectivity index is 2.04. The highest BCUT2D eigenvalue weighted by atomic mass is 79.9. The molecular weight excluding hydrogens is 334 g/mol. The lowest BCUT2D eigenvalue weighted by Gasteiger charge is -2.11. The molecule has 7 heteroatoms. The maximum atomic E-state index is 6.03. The summed E-state index contributed by atoms with van der Waals surface area (Å²) >= 11 is 9.35. The quantitative estimate of drug-likeness (QED) is 0.919. The molecule has 1 aromatic carbocycles. The summed E-state index contributed by atoms with van der Waals surface area (Å²) in [6, 6.07) is 5.35. The van der Waals surface area contributed by atoms with E-state index in [1.807, 2.05) is 6.07 Å². The minimum atomic E-state index is -0.642. The molecule has 1 heterocycles. The van der Waals surface area contributed by atoms with Crippen LogP contribution in [0.5, 0.6) is 5.75 Å². The Labute approximate surface area is 124 Å². The second kappa shape index (κ2) is 5.48. The Kier molecular flexibility index (Phi) is 4.13. The number of ether oxygens (including phenoxy) is 1. The van der Waals surface area contributed by atoms with Crippen LogP contribution in [0.2, 0.25) is 5.02 Å². The van der Waals surface area contributed by atoms with Crippen LogP contribution in [0.4, 0.5) is 0 Å². The van der Waals surface area contributed by atoms with Gasteiger partial charge in [0, 0.05) is 4.47 Å². The number of aromatic nitrogens is 2. The molecule has 0 aliphatic carbocycles. The van der Waals surface area contributed by atoms with E-state index in [0.717, 1.165) is 4.47 Å². The second-order valence-corrected chi connectivity index (χ2v) is 5.92. The highest BCUT2D eigenvalue weighted by molar-refractivity contribution is 9.10. The van der Waals surface area contributed by atoms with Crippen molar-refractivity contribution in [2.75, 3.05) is 0 Å². The van der Waals surface area contributed by atoms with E-state index in [1.54, 1.807) is 26.0 Å². The highest BCUT2D eigenvalue weighted by Gasteiger charge is 2.21. The molecule has 0 unspecified atom stereocenters. The molecule has 0 aliphatic rings. The lowest BCUT2D eigenvalue weighted by Crippen LogP contribution is -2.30. The molecule has 2 aromatic rings. The van der Waals surface area contributed by atoms with Gasteiger partial charge in [0.25, 0.3) is 5.89 Å². The van der Waals surface area contributed by atoms with Crippen molar-refractivity contribution >= 4 is 27.5 Å². The molecule has 2 rings (SSSR count). The molecule has 0 fully saturated rings. The smallest absolute Gasteiger partial charge is 0.264 e. The second-order valence-electron chi connectivity index (χ2n) is 4.60. The fourth-order valence-electron chi connectivity index (χ4n) is 1.31. The van der Waals surface area contributed by atoms with Gasteiger partial charge in [0.2, 0.25) is 0 Å². The van der Waals surface area contributed by atoms with Gasteiger partial charge in [-0.2, -0.15) is 4.98 Å². The van der Waals surface area contributed by atoms with E-state index in [9.17, 15) is 0 Å². The first kappa shape index (κ1) is 14.3. The van der Waals surface area contributed by atoms with Gasteiger partial charge in [-0.25, -0.2) is 0 Å². The van der Waals surface area contributed by atoms with Crippen LogP contribution < -0.4 is 10.5 Å². The maximum Gasteiger partial charge on any atom is 0.264 e. The van der Waals surface area contributed by atoms with Gasteiger partial charge >= 0.3 is 0 Å². The average molecular weight is 347 g/mol. The summed E-state index contributed by atoms with van der Waals surface area (Å²) in [5.74, 6) is 1.34. The zero-order valence-electron chi connectivity index (χ0n) is 10.5. The number of rotatable bonds is 4. The topological polar surface area (TPSA) is 74.2 Å². The molecule has 0 spiro atoms. The van der Waals surface area contributed by atoms with Gasteiger partial charge in [-0.1, -0.05) is 32.7 Å². The minimum absolute atomic E-state index is 0.143. The third-order valence-corrected chi connectivity index (χ3v) is 3.08. The van der Waals surface area contributed by atoms with E-state index >= 15 is 0 Å². The average Bonchev–Trinajstić information content (AvgIpc) is 2.76. The van der Waals surface area contributed by atoms with Gasteiger partial charge in [-0.05, 0) is 32.0 Å². The number of hydrogen-bond donors (Lipinski definition) is 1. The third-order valence-electron chi connectivity index (χ3n) is 2.29. The highest BCUT2D eigenvalue weighted by Crippen LogP contribution is 2.28. The zero-order chi connectivity index (χ0) is 14.0. The molecule has 102 valence electrons. The van der Waals surface area contributed by atoms with Crippen molar-refractivity contribution in [3.63, 3.8) is 0 Å². The molecule has 0 saturated heterocycles. The first-order chi connectivity index (χ1) is 8.86. The van der Waals surface area contributed by atoms with Crippen LogP contribution in [0, 0.1) is 0 Å². The van der Waals surface area contributed by atoms with Gasteiger partial charge in [0.05, 0.1) is 10.6 Å². The third kappa shape index (κ3) is 3.68. The van der Waals surface area contributed by atoms with Crippen LogP contribution in [0.25, 0.3) is 0 Å². The van der Waals surface area contributed by atoms with Gasteiger partial charge < -0.3 is 15.0 Å². The van der Waals surface area contributed by atoms with Crippen LogP contribution in [0.1, 0.15) is 25.6 Å². The largest absolute Gasteiger partial charge is 0.482 e. The van der Waals surface area contributed by atoms with Crippen molar-refractivity contribution in [2.45, 2.75) is 26.0 Å². The number of halogens is 2. The van der Waals surface area contributed by atoms with Crippen molar-refractivity contribution in [2.24, 2.45) is 5.73 Å². The van der Waals surface area contributed by atoms with Crippen molar-refractivity contribution in [3.05, 3.63) is 39.4 Å². The van der Waals surface area contributed by atoms with Crippen LogP contribution in [0.3, 0.4) is 0 Å². The van der Waals surface area contributed by atoms with Crippen molar-refractivity contribution in [3.8, 4) is 5.75 Å². The summed E-state index contributed by atoms with van der Waals surface area (Å²) in [5.41, 5.74) is 5.22. The Morgan fingerprint density at radius 2 is 2.21 bits per heavy atom. The number of benzene rings is 1. The van der Waals surface area contributed by atoms with Crippen molar-refractivity contribution in [1.29, 1.82) is 0 Å². The Hall–Kier alpha value is -1.11. The molecule has 0 atom stereocenters. The molecule has 5 nitrogen and oxygen atoms in total. The van der Waals surface area contributed by atoms with Gasteiger partial charge in [0.15, 0.2) is 12.4 Å². The number of hydrogen-bond acceptors (Lipinski definition) is 5. The summed E-state index contributed by atoms with van der Waals surface area (Å²) in [6.45, 7) is 3.74. The molecule has 19 heavy (non-hydrogen) atoms. The van der Waals surface area contributed by atoms with Crippen LogP contribution in [-0.4, -0.2) is 10.1 Å². The molecule has 1 aromatic heterocycles. The van der Waals surface area contributed by atoms with Crippen molar-refractivity contribution < 1.29 is 9.26 Å². The predicted octanol–water partition coefficient (Wildman–Crippen LogP) is 3.26. The monoisotopic (exact) mass is 345 g/mol. The molecular formula is C12H13BrClN3O2. The molecule has 0 bridgehead atoms. The van der Waals surface area contributed by atoms with E-state index in [-0.39, 0.29) is 6.61 Å². The number of nitrogens with zero attached hydrogens (tertiary/aromatic N) is 2. The minimum Gasteiger partial charge on any atom is -0.482 e. The van der Waals surface area contributed by atoms with E-state index in [1.165, 1.54) is 0 Å². The predicted molar refractivity (Wildman–Crippen MR) is 75.0 cm³/mol. The first-order valence-corrected chi connectivity index (χ1v) is 6.73. The molecule has 0 amide bonds. The molecule has 0 aliphatic heterocycles. The molecule has 0 saturated carbocycles. The van der Waals surface area contributed by atoms with E-state index in [4.69, 9.17) is 26.6 Å². The summed E-state index contributed by atoms with van der Waals surface area (Å²) in [5, 5.41) is 4.31. The Morgan fingerprint density at radius 1 is 1.47 bits per heavy atom. The molecule has 0 radical (unpaired) electrons. The van der Waals surface area contributed by atoms with Gasteiger partial charge in [-0.15, -0.1) is 0 Å². The van der Waals surface area contributed by atoms with E-state index in [2.05, 4.69) is 26.1 Å². The standard InChI is InChI=1S/C12H13BrClN3O2/c1-12(2,15)11-16-10(19-17-11)6-18-9-4-3-7(13)5-8(9)14/h3-5H,6,15H2,1-2H3. The first-order valence-electron chi connectivity index (χ1n) is 5.56. The number of nitrogens with two attached hydrogens (primary N) is 1. The maximum absolute atomic E-state index is 6.03. The Bertz CT molecular complexity index is 581. The summed E-state index contributed by atoms with van der Waals surface area (Å²) in [7, 11) is 0. The van der Waals surface area contributed by atoms with E-state index in [0.29, 0.717) is 22.5 Å². The lowest BCUT2D eigenvalue weighted by molar-refractivity contribution is 0.242. The van der Waals surface area contributed by atoms with E-state index < -0.39 is 5.54 Å². The van der Waals surface area contributed by atoms with Crippen LogP contribution in [0.15, 0.2) is 27.2 Å². The Morgan fingerprint density at radius 3 is 2.79 bits per heavy atom. The fraction of sp³-hybridized carbons (Fsp3) is 0.333.